The number of carbonyl (C=O) groups is 1. The lowest BCUT2D eigenvalue weighted by molar-refractivity contribution is -0.124. The highest BCUT2D eigenvalue weighted by Gasteiger charge is 2.22. The van der Waals surface area contributed by atoms with E-state index < -0.39 is 0 Å². The highest BCUT2D eigenvalue weighted by Crippen LogP contribution is 2.15. The lowest BCUT2D eigenvalue weighted by Crippen LogP contribution is -2.47. The second-order valence-electron chi connectivity index (χ2n) is 5.76. The largest absolute Gasteiger partial charge is 0.381 e. The Hall–Kier alpha value is -0.650. The number of rotatable bonds is 5. The second-order valence-corrected chi connectivity index (χ2v) is 5.76. The molecule has 0 aliphatic carbocycles. The van der Waals surface area contributed by atoms with Gasteiger partial charge in [-0.1, -0.05) is 0 Å². The van der Waals surface area contributed by atoms with E-state index in [-0.39, 0.29) is 5.91 Å². The van der Waals surface area contributed by atoms with Gasteiger partial charge in [-0.25, -0.2) is 0 Å². The first kappa shape index (κ1) is 14.8. The van der Waals surface area contributed by atoms with E-state index in [0.717, 1.165) is 45.7 Å². The van der Waals surface area contributed by atoms with Crippen molar-refractivity contribution in [2.45, 2.75) is 31.7 Å². The zero-order chi connectivity index (χ0) is 13.5. The molecule has 1 amide bonds. The topological polar surface area (TPSA) is 53.6 Å². The van der Waals surface area contributed by atoms with E-state index in [4.69, 9.17) is 4.74 Å². The summed E-state index contributed by atoms with van der Waals surface area (Å²) in [5.41, 5.74) is 0. The Bertz CT molecular complexity index is 278. The number of hydrogen-bond donors (Lipinski definition) is 2. The molecule has 1 unspecified atom stereocenters. The van der Waals surface area contributed by atoms with Crippen LogP contribution in [0.15, 0.2) is 0 Å². The van der Waals surface area contributed by atoms with Gasteiger partial charge in [0, 0.05) is 25.8 Å². The lowest BCUT2D eigenvalue weighted by atomic mass is 9.98. The molecule has 0 radical (unpaired) electrons. The van der Waals surface area contributed by atoms with Crippen molar-refractivity contribution in [3.05, 3.63) is 0 Å². The monoisotopic (exact) mass is 269 g/mol. The van der Waals surface area contributed by atoms with Gasteiger partial charge in [0.15, 0.2) is 0 Å². The first-order chi connectivity index (χ1) is 9.28. The summed E-state index contributed by atoms with van der Waals surface area (Å²) in [7, 11) is 2.00. The van der Waals surface area contributed by atoms with Crippen molar-refractivity contribution in [2.24, 2.45) is 5.92 Å². The van der Waals surface area contributed by atoms with Crippen molar-refractivity contribution in [3.8, 4) is 0 Å². The molecule has 0 aromatic carbocycles. The second kappa shape index (κ2) is 7.82. The number of ether oxygens (including phenoxy) is 1. The Morgan fingerprint density at radius 3 is 2.84 bits per heavy atom. The van der Waals surface area contributed by atoms with Crippen LogP contribution in [-0.2, 0) is 9.53 Å². The third-order valence-corrected chi connectivity index (χ3v) is 4.05. The number of amides is 1. The van der Waals surface area contributed by atoms with Gasteiger partial charge in [0.05, 0.1) is 6.54 Å². The van der Waals surface area contributed by atoms with Gasteiger partial charge in [0.25, 0.3) is 0 Å². The summed E-state index contributed by atoms with van der Waals surface area (Å²) in [6.45, 7) is 5.26. The molecular formula is C14H27N3O2. The number of piperidine rings is 1. The number of nitrogens with zero attached hydrogens (tertiary/aromatic N) is 1. The highest BCUT2D eigenvalue weighted by atomic mass is 16.5. The number of hydrogen-bond acceptors (Lipinski definition) is 4. The molecular weight excluding hydrogens is 242 g/mol. The van der Waals surface area contributed by atoms with Crippen LogP contribution in [0.5, 0.6) is 0 Å². The summed E-state index contributed by atoms with van der Waals surface area (Å²) in [5, 5.41) is 6.37. The van der Waals surface area contributed by atoms with E-state index in [1.54, 1.807) is 0 Å². The molecule has 2 aliphatic heterocycles. The smallest absolute Gasteiger partial charge is 0.234 e. The molecule has 5 nitrogen and oxygen atoms in total. The van der Waals surface area contributed by atoms with Crippen LogP contribution in [0.25, 0.3) is 0 Å². The van der Waals surface area contributed by atoms with Crippen molar-refractivity contribution < 1.29 is 9.53 Å². The number of nitrogens with one attached hydrogen (secondary N) is 2. The Kier molecular flexibility index (Phi) is 6.07. The van der Waals surface area contributed by atoms with E-state index in [1.165, 1.54) is 12.8 Å². The van der Waals surface area contributed by atoms with E-state index in [9.17, 15) is 4.79 Å². The van der Waals surface area contributed by atoms with Gasteiger partial charge in [-0.3, -0.25) is 9.69 Å². The number of likely N-dealkylation sites (tertiary alicyclic amines) is 1. The third kappa shape index (κ3) is 5.09. The summed E-state index contributed by atoms with van der Waals surface area (Å²) in [6, 6.07) is 0.319. The molecule has 0 saturated carbocycles. The van der Waals surface area contributed by atoms with Crippen LogP contribution >= 0.6 is 0 Å². The highest BCUT2D eigenvalue weighted by molar-refractivity contribution is 5.78. The molecule has 110 valence electrons. The van der Waals surface area contributed by atoms with Crippen molar-refractivity contribution in [1.82, 2.24) is 15.5 Å². The summed E-state index contributed by atoms with van der Waals surface area (Å²) in [4.78, 5) is 14.3. The predicted molar refractivity (Wildman–Crippen MR) is 75.1 cm³/mol. The van der Waals surface area contributed by atoms with Gasteiger partial charge in [-0.2, -0.15) is 0 Å². The van der Waals surface area contributed by atoms with E-state index in [2.05, 4.69) is 15.5 Å². The zero-order valence-corrected chi connectivity index (χ0v) is 12.0. The van der Waals surface area contributed by atoms with Crippen LogP contribution in [0.2, 0.25) is 0 Å². The Morgan fingerprint density at radius 1 is 1.32 bits per heavy atom. The molecule has 2 aliphatic rings. The average Bonchev–Trinajstić information content (AvgIpc) is 2.40. The maximum Gasteiger partial charge on any atom is 0.234 e. The fraction of sp³-hybridized carbons (Fsp3) is 0.929. The quantitative estimate of drug-likeness (QED) is 0.749. The Balaban J connectivity index is 1.68. The SMILES string of the molecule is CNCC1CCCN(CC(=O)NC2CCOCC2)C1. The molecule has 2 rings (SSSR count). The van der Waals surface area contributed by atoms with E-state index in [1.807, 2.05) is 7.05 Å². The molecule has 2 N–H and O–H groups in total. The summed E-state index contributed by atoms with van der Waals surface area (Å²) in [6.07, 6.45) is 4.39. The fourth-order valence-electron chi connectivity index (χ4n) is 3.07. The van der Waals surface area contributed by atoms with Crippen LogP contribution in [-0.4, -0.2) is 63.3 Å². The zero-order valence-electron chi connectivity index (χ0n) is 12.0. The molecule has 0 spiro atoms. The number of carbonyl (C=O) groups excluding carboxylic acids is 1. The lowest BCUT2D eigenvalue weighted by Gasteiger charge is -2.32. The summed E-state index contributed by atoms with van der Waals surface area (Å²) in [5.74, 6) is 0.867. The molecule has 1 atom stereocenters. The van der Waals surface area contributed by atoms with Gasteiger partial charge in [0.2, 0.25) is 5.91 Å². The summed E-state index contributed by atoms with van der Waals surface area (Å²) >= 11 is 0. The van der Waals surface area contributed by atoms with E-state index >= 15 is 0 Å². The molecule has 19 heavy (non-hydrogen) atoms. The van der Waals surface area contributed by atoms with Gasteiger partial charge in [0.1, 0.15) is 0 Å². The molecule has 2 saturated heterocycles. The summed E-state index contributed by atoms with van der Waals surface area (Å²) < 4.78 is 5.30. The maximum atomic E-state index is 12.0. The van der Waals surface area contributed by atoms with Crippen LogP contribution in [0.4, 0.5) is 0 Å². The van der Waals surface area contributed by atoms with Crippen molar-refractivity contribution in [2.75, 3.05) is 46.4 Å². The van der Waals surface area contributed by atoms with Crippen LogP contribution in [0.1, 0.15) is 25.7 Å². The van der Waals surface area contributed by atoms with Crippen molar-refractivity contribution >= 4 is 5.91 Å². The minimum absolute atomic E-state index is 0.178. The van der Waals surface area contributed by atoms with Gasteiger partial charge in [-0.15, -0.1) is 0 Å². The first-order valence-corrected chi connectivity index (χ1v) is 7.52. The Morgan fingerprint density at radius 2 is 2.11 bits per heavy atom. The van der Waals surface area contributed by atoms with Crippen LogP contribution in [0, 0.1) is 5.92 Å². The predicted octanol–water partition coefficient (Wildman–Crippen LogP) is 0.213. The molecule has 2 heterocycles. The molecule has 0 aromatic rings. The molecule has 5 heteroatoms. The van der Waals surface area contributed by atoms with Gasteiger partial charge in [-0.05, 0) is 51.7 Å². The fourth-order valence-corrected chi connectivity index (χ4v) is 3.07. The molecule has 0 aromatic heterocycles. The molecule has 2 fully saturated rings. The van der Waals surface area contributed by atoms with Crippen LogP contribution in [0.3, 0.4) is 0 Å². The normalized spacial score (nSPS) is 26.3. The van der Waals surface area contributed by atoms with Gasteiger partial charge < -0.3 is 15.4 Å². The molecule has 0 bridgehead atoms. The first-order valence-electron chi connectivity index (χ1n) is 7.52. The standard InChI is InChI=1S/C14H27N3O2/c1-15-9-12-3-2-6-17(10-12)11-14(18)16-13-4-7-19-8-5-13/h12-13,15H,2-11H2,1H3,(H,16,18). The minimum atomic E-state index is 0.178. The average molecular weight is 269 g/mol. The van der Waals surface area contributed by atoms with Crippen molar-refractivity contribution in [3.63, 3.8) is 0 Å². The third-order valence-electron chi connectivity index (χ3n) is 4.05. The van der Waals surface area contributed by atoms with Crippen LogP contribution < -0.4 is 10.6 Å². The minimum Gasteiger partial charge on any atom is -0.381 e. The maximum absolute atomic E-state index is 12.0. The van der Waals surface area contributed by atoms with Crippen molar-refractivity contribution in [1.29, 1.82) is 0 Å². The van der Waals surface area contributed by atoms with Gasteiger partial charge >= 0.3 is 0 Å². The Labute approximate surface area is 116 Å². The van der Waals surface area contributed by atoms with E-state index in [0.29, 0.717) is 18.5 Å².